The van der Waals surface area contributed by atoms with Gasteiger partial charge in [0.2, 0.25) is 5.91 Å². The van der Waals surface area contributed by atoms with E-state index in [1.165, 1.54) is 0 Å². The number of hydrogen-bond donors (Lipinski definition) is 3. The topological polar surface area (TPSA) is 169 Å². The molecule has 0 aliphatic carbocycles. The van der Waals surface area contributed by atoms with Crippen LogP contribution < -0.4 is 5.32 Å². The summed E-state index contributed by atoms with van der Waals surface area (Å²) < 4.78 is 5.21. The minimum atomic E-state index is -1.26. The van der Waals surface area contributed by atoms with Gasteiger partial charge in [-0.3, -0.25) is 9.69 Å². The molecule has 1 aliphatic rings. The first-order valence-corrected chi connectivity index (χ1v) is 7.79. The molecule has 3 N–H and O–H groups in total. The summed E-state index contributed by atoms with van der Waals surface area (Å²) in [5.41, 5.74) is 0. The molecular weight excluding hydrogens is 354 g/mol. The lowest BCUT2D eigenvalue weighted by Crippen LogP contribution is -2.41. The normalized spacial score (nSPS) is 14.2. The molecular formula is C14H23N3O9. The predicted molar refractivity (Wildman–Crippen MR) is 86.9 cm³/mol. The van der Waals surface area contributed by atoms with Gasteiger partial charge in [0.05, 0.1) is 19.8 Å². The van der Waals surface area contributed by atoms with Gasteiger partial charge in [0, 0.05) is 44.8 Å². The fourth-order valence-electron chi connectivity index (χ4n) is 1.78. The monoisotopic (exact) mass is 377 g/mol. The van der Waals surface area contributed by atoms with Crippen LogP contribution in [0.3, 0.4) is 0 Å². The maximum Gasteiger partial charge on any atom is 0.328 e. The minimum Gasteiger partial charge on any atom is -0.478 e. The zero-order valence-electron chi connectivity index (χ0n) is 14.2. The van der Waals surface area contributed by atoms with Gasteiger partial charge in [-0.15, -0.1) is 10.1 Å². The van der Waals surface area contributed by atoms with E-state index in [9.17, 15) is 24.5 Å². The molecule has 0 atom stereocenters. The summed E-state index contributed by atoms with van der Waals surface area (Å²) in [5, 5.41) is 27.4. The number of ether oxygens (including phenoxy) is 1. The van der Waals surface area contributed by atoms with Crippen LogP contribution in [-0.2, 0) is 24.0 Å². The van der Waals surface area contributed by atoms with Crippen LogP contribution in [0.5, 0.6) is 0 Å². The fourth-order valence-corrected chi connectivity index (χ4v) is 1.78. The molecule has 12 nitrogen and oxygen atoms in total. The molecule has 0 aromatic carbocycles. The van der Waals surface area contributed by atoms with Crippen molar-refractivity contribution in [2.24, 2.45) is 0 Å². The van der Waals surface area contributed by atoms with Crippen LogP contribution in [0, 0.1) is 10.1 Å². The molecule has 1 rings (SSSR count). The quantitative estimate of drug-likeness (QED) is 0.188. The average Bonchev–Trinajstić information content (AvgIpc) is 2.58. The number of rotatable bonds is 10. The number of carbonyl (C=O) groups is 3. The number of aliphatic carboxylic acids is 2. The molecule has 1 aliphatic heterocycles. The Bertz CT molecular complexity index is 474. The van der Waals surface area contributed by atoms with Gasteiger partial charge >= 0.3 is 11.9 Å². The van der Waals surface area contributed by atoms with Crippen LogP contribution in [0.15, 0.2) is 12.2 Å². The Hall–Kier alpha value is -2.73. The first kappa shape index (κ1) is 23.3. The molecule has 0 radical (unpaired) electrons. The lowest BCUT2D eigenvalue weighted by Gasteiger charge is -2.26. The Kier molecular flexibility index (Phi) is 13.1. The smallest absolute Gasteiger partial charge is 0.328 e. The summed E-state index contributed by atoms with van der Waals surface area (Å²) in [6.07, 6.45) is 1.71. The van der Waals surface area contributed by atoms with Gasteiger partial charge in [-0.25, -0.2) is 9.59 Å². The third-order valence-electron chi connectivity index (χ3n) is 2.97. The number of carboxylic acids is 2. The van der Waals surface area contributed by atoms with E-state index in [2.05, 4.69) is 15.1 Å². The third-order valence-corrected chi connectivity index (χ3v) is 2.97. The Morgan fingerprint density at radius 2 is 1.77 bits per heavy atom. The Balaban J connectivity index is 0.000000660. The molecule has 1 fully saturated rings. The summed E-state index contributed by atoms with van der Waals surface area (Å²) in [4.78, 5) is 46.6. The van der Waals surface area contributed by atoms with Gasteiger partial charge in [0.1, 0.15) is 0 Å². The van der Waals surface area contributed by atoms with E-state index in [0.29, 0.717) is 25.1 Å². The Morgan fingerprint density at radius 1 is 1.19 bits per heavy atom. The first-order chi connectivity index (χ1) is 12.3. The van der Waals surface area contributed by atoms with Crippen molar-refractivity contribution in [2.45, 2.75) is 12.8 Å². The second-order valence-corrected chi connectivity index (χ2v) is 4.97. The number of hydrogen-bond acceptors (Lipinski definition) is 8. The van der Waals surface area contributed by atoms with Gasteiger partial charge in [0.25, 0.3) is 5.09 Å². The number of nitrogens with one attached hydrogen (secondary N) is 1. The van der Waals surface area contributed by atoms with Crippen LogP contribution in [0.2, 0.25) is 0 Å². The molecule has 148 valence electrons. The fraction of sp³-hybridized carbons (Fsp3) is 0.643. The molecule has 26 heavy (non-hydrogen) atoms. The van der Waals surface area contributed by atoms with Gasteiger partial charge in [0.15, 0.2) is 0 Å². The minimum absolute atomic E-state index is 0.0378. The van der Waals surface area contributed by atoms with Crippen LogP contribution >= 0.6 is 0 Å². The standard InChI is InChI=1S/C10H19N3O5.C4H4O4/c14-10(2-1-7-18-13(15)16)11-3-4-12-5-8-17-9-6-12;5-3(6)1-2-4(7)8/h1-9H2,(H,11,14);1-2H,(H,5,6)(H,7,8). The van der Waals surface area contributed by atoms with E-state index in [0.717, 1.165) is 32.8 Å². The first-order valence-electron chi connectivity index (χ1n) is 7.79. The third kappa shape index (κ3) is 16.1. The summed E-state index contributed by atoms with van der Waals surface area (Å²) >= 11 is 0. The van der Waals surface area contributed by atoms with Crippen molar-refractivity contribution in [3.8, 4) is 0 Å². The van der Waals surface area contributed by atoms with Gasteiger partial charge < -0.3 is 25.1 Å². The zero-order chi connectivity index (χ0) is 19.8. The van der Waals surface area contributed by atoms with Crippen molar-refractivity contribution >= 4 is 17.8 Å². The molecule has 1 saturated heterocycles. The molecule has 0 saturated carbocycles. The van der Waals surface area contributed by atoms with Crippen molar-refractivity contribution in [2.75, 3.05) is 46.0 Å². The highest BCUT2D eigenvalue weighted by Crippen LogP contribution is 1.95. The lowest BCUT2D eigenvalue weighted by atomic mass is 10.3. The maximum atomic E-state index is 11.3. The van der Waals surface area contributed by atoms with E-state index in [1.54, 1.807) is 0 Å². The number of carbonyl (C=O) groups excluding carboxylic acids is 1. The van der Waals surface area contributed by atoms with Crippen molar-refractivity contribution in [1.82, 2.24) is 10.2 Å². The number of amides is 1. The summed E-state index contributed by atoms with van der Waals surface area (Å²) in [6.45, 7) is 4.64. The molecule has 0 unspecified atom stereocenters. The van der Waals surface area contributed by atoms with Crippen molar-refractivity contribution in [1.29, 1.82) is 0 Å². The highest BCUT2D eigenvalue weighted by Gasteiger charge is 2.10. The van der Waals surface area contributed by atoms with Crippen LogP contribution in [0.25, 0.3) is 0 Å². The molecule has 0 bridgehead atoms. The molecule has 1 amide bonds. The SMILES string of the molecule is O=C(CCCO[N+](=O)[O-])NCCN1CCOCC1.O=C(O)C=CC(=O)O. The summed E-state index contributed by atoms with van der Waals surface area (Å²) in [6, 6.07) is 0. The number of carboxylic acid groups (broad SMARTS) is 2. The molecule has 12 heteroatoms. The average molecular weight is 377 g/mol. The van der Waals surface area contributed by atoms with Crippen LogP contribution in [-0.4, -0.2) is 84.0 Å². The molecule has 0 spiro atoms. The number of morpholine rings is 1. The van der Waals surface area contributed by atoms with E-state index in [1.807, 2.05) is 0 Å². The summed E-state index contributed by atoms with van der Waals surface area (Å²) in [7, 11) is 0. The van der Waals surface area contributed by atoms with E-state index < -0.39 is 17.0 Å². The predicted octanol–water partition coefficient (Wildman–Crippen LogP) is -0.865. The number of nitrogens with zero attached hydrogens (tertiary/aromatic N) is 2. The highest BCUT2D eigenvalue weighted by atomic mass is 16.9. The Labute approximate surface area is 149 Å². The van der Waals surface area contributed by atoms with Gasteiger partial charge in [-0.2, -0.15) is 0 Å². The summed E-state index contributed by atoms with van der Waals surface area (Å²) in [5.74, 6) is -2.62. The largest absolute Gasteiger partial charge is 0.478 e. The second-order valence-electron chi connectivity index (χ2n) is 4.97. The van der Waals surface area contributed by atoms with Crippen LogP contribution in [0.1, 0.15) is 12.8 Å². The van der Waals surface area contributed by atoms with E-state index in [-0.39, 0.29) is 18.9 Å². The van der Waals surface area contributed by atoms with E-state index in [4.69, 9.17) is 14.9 Å². The molecule has 1 heterocycles. The van der Waals surface area contributed by atoms with Gasteiger partial charge in [-0.1, -0.05) is 0 Å². The second kappa shape index (κ2) is 14.6. The highest BCUT2D eigenvalue weighted by molar-refractivity contribution is 5.89. The zero-order valence-corrected chi connectivity index (χ0v) is 14.2. The van der Waals surface area contributed by atoms with Crippen molar-refractivity contribution in [3.05, 3.63) is 22.3 Å². The van der Waals surface area contributed by atoms with Crippen molar-refractivity contribution < 1.29 is 39.3 Å². The molecule has 0 aromatic rings. The van der Waals surface area contributed by atoms with Crippen molar-refractivity contribution in [3.63, 3.8) is 0 Å². The lowest BCUT2D eigenvalue weighted by molar-refractivity contribution is -0.757. The van der Waals surface area contributed by atoms with Gasteiger partial charge in [-0.05, 0) is 6.42 Å². The maximum absolute atomic E-state index is 11.3. The molecule has 0 aromatic heterocycles. The van der Waals surface area contributed by atoms with Crippen LogP contribution in [0.4, 0.5) is 0 Å². The Morgan fingerprint density at radius 3 is 2.27 bits per heavy atom. The van der Waals surface area contributed by atoms with E-state index >= 15 is 0 Å².